The summed E-state index contributed by atoms with van der Waals surface area (Å²) < 4.78 is 0. The molecule has 0 atom stereocenters. The summed E-state index contributed by atoms with van der Waals surface area (Å²) >= 11 is 0. The topological polar surface area (TPSA) is 6.48 Å². The molecule has 0 saturated carbocycles. The van der Waals surface area contributed by atoms with Crippen molar-refractivity contribution in [2.24, 2.45) is 0 Å². The Morgan fingerprint density at radius 3 is 2.17 bits per heavy atom. The second-order valence-electron chi connectivity index (χ2n) is 4.84. The van der Waals surface area contributed by atoms with Gasteiger partial charge in [-0.1, -0.05) is 0 Å². The normalized spacial score (nSPS) is 26.5. The van der Waals surface area contributed by atoms with Crippen LogP contribution in [0.5, 0.6) is 0 Å². The predicted molar refractivity (Wildman–Crippen MR) is 53.4 cm³/mol. The SMILES string of the molecule is CC(C)N1CCN(C)CC1(C)C. The molecular formula is C10H22N2. The summed E-state index contributed by atoms with van der Waals surface area (Å²) in [7, 11) is 2.21. The van der Waals surface area contributed by atoms with E-state index in [1.807, 2.05) is 0 Å². The minimum atomic E-state index is 0.348. The lowest BCUT2D eigenvalue weighted by Crippen LogP contribution is -2.60. The van der Waals surface area contributed by atoms with E-state index in [4.69, 9.17) is 0 Å². The molecule has 2 heteroatoms. The molecule has 0 N–H and O–H groups in total. The van der Waals surface area contributed by atoms with Crippen LogP contribution in [-0.4, -0.2) is 48.1 Å². The third kappa shape index (κ3) is 1.99. The molecule has 12 heavy (non-hydrogen) atoms. The van der Waals surface area contributed by atoms with Crippen molar-refractivity contribution in [3.05, 3.63) is 0 Å². The molecule has 0 aromatic heterocycles. The molecule has 0 aromatic carbocycles. The van der Waals surface area contributed by atoms with Crippen molar-refractivity contribution in [2.75, 3.05) is 26.7 Å². The van der Waals surface area contributed by atoms with Crippen LogP contribution in [0.25, 0.3) is 0 Å². The average molecular weight is 170 g/mol. The van der Waals surface area contributed by atoms with Crippen molar-refractivity contribution in [2.45, 2.75) is 39.3 Å². The van der Waals surface area contributed by atoms with Crippen LogP contribution in [0.15, 0.2) is 0 Å². The van der Waals surface area contributed by atoms with Crippen LogP contribution in [-0.2, 0) is 0 Å². The minimum absolute atomic E-state index is 0.348. The van der Waals surface area contributed by atoms with Gasteiger partial charge in [0.15, 0.2) is 0 Å². The maximum absolute atomic E-state index is 2.59. The van der Waals surface area contributed by atoms with Gasteiger partial charge in [0.05, 0.1) is 0 Å². The lowest BCUT2D eigenvalue weighted by Gasteiger charge is -2.48. The number of piperazine rings is 1. The van der Waals surface area contributed by atoms with Crippen LogP contribution in [0.2, 0.25) is 0 Å². The number of likely N-dealkylation sites (N-methyl/N-ethyl adjacent to an activating group) is 1. The molecule has 0 spiro atoms. The van der Waals surface area contributed by atoms with Gasteiger partial charge in [0.25, 0.3) is 0 Å². The first-order valence-electron chi connectivity index (χ1n) is 4.89. The summed E-state index contributed by atoms with van der Waals surface area (Å²) in [6.45, 7) is 12.8. The third-order valence-electron chi connectivity index (χ3n) is 2.78. The summed E-state index contributed by atoms with van der Waals surface area (Å²) in [4.78, 5) is 5.01. The average Bonchev–Trinajstić information content (AvgIpc) is 1.82. The van der Waals surface area contributed by atoms with Gasteiger partial charge in [-0.3, -0.25) is 4.90 Å². The lowest BCUT2D eigenvalue weighted by molar-refractivity contribution is 0.00876. The Balaban J connectivity index is 2.64. The zero-order valence-electron chi connectivity index (χ0n) is 9.09. The van der Waals surface area contributed by atoms with E-state index in [-0.39, 0.29) is 0 Å². The number of hydrogen-bond donors (Lipinski definition) is 0. The molecule has 1 fully saturated rings. The van der Waals surface area contributed by atoms with Gasteiger partial charge in [-0.25, -0.2) is 0 Å². The van der Waals surface area contributed by atoms with E-state index < -0.39 is 0 Å². The second-order valence-corrected chi connectivity index (χ2v) is 4.84. The van der Waals surface area contributed by atoms with Gasteiger partial charge in [0.1, 0.15) is 0 Å². The van der Waals surface area contributed by atoms with Crippen molar-refractivity contribution in [1.29, 1.82) is 0 Å². The van der Waals surface area contributed by atoms with Gasteiger partial charge in [0.2, 0.25) is 0 Å². The Labute approximate surface area is 76.5 Å². The molecule has 72 valence electrons. The molecule has 0 radical (unpaired) electrons. The minimum Gasteiger partial charge on any atom is -0.303 e. The van der Waals surface area contributed by atoms with Crippen molar-refractivity contribution in [3.8, 4) is 0 Å². The molecular weight excluding hydrogens is 148 g/mol. The zero-order chi connectivity index (χ0) is 9.35. The molecule has 0 bridgehead atoms. The summed E-state index contributed by atoms with van der Waals surface area (Å²) in [5.41, 5.74) is 0.348. The Kier molecular flexibility index (Phi) is 2.79. The largest absolute Gasteiger partial charge is 0.303 e. The van der Waals surface area contributed by atoms with Crippen LogP contribution in [0.4, 0.5) is 0 Å². The molecule has 0 aromatic rings. The summed E-state index contributed by atoms with van der Waals surface area (Å²) in [6.07, 6.45) is 0. The molecule has 2 nitrogen and oxygen atoms in total. The fraction of sp³-hybridized carbons (Fsp3) is 1.00. The highest BCUT2D eigenvalue weighted by atomic mass is 15.3. The van der Waals surface area contributed by atoms with Gasteiger partial charge in [0, 0.05) is 31.2 Å². The first-order valence-corrected chi connectivity index (χ1v) is 4.89. The maximum Gasteiger partial charge on any atom is 0.0283 e. The van der Waals surface area contributed by atoms with Gasteiger partial charge in [-0.05, 0) is 34.7 Å². The van der Waals surface area contributed by atoms with Crippen molar-refractivity contribution < 1.29 is 0 Å². The van der Waals surface area contributed by atoms with Crippen LogP contribution in [0, 0.1) is 0 Å². The summed E-state index contributed by atoms with van der Waals surface area (Å²) in [6, 6.07) is 0.675. The van der Waals surface area contributed by atoms with Crippen molar-refractivity contribution in [1.82, 2.24) is 9.80 Å². The van der Waals surface area contributed by atoms with Gasteiger partial charge in [-0.15, -0.1) is 0 Å². The highest BCUT2D eigenvalue weighted by Crippen LogP contribution is 2.21. The van der Waals surface area contributed by atoms with Crippen LogP contribution >= 0.6 is 0 Å². The smallest absolute Gasteiger partial charge is 0.0283 e. The van der Waals surface area contributed by atoms with Gasteiger partial charge in [-0.2, -0.15) is 0 Å². The van der Waals surface area contributed by atoms with E-state index >= 15 is 0 Å². The third-order valence-corrected chi connectivity index (χ3v) is 2.78. The molecule has 1 rings (SSSR count). The van der Waals surface area contributed by atoms with E-state index in [0.29, 0.717) is 11.6 Å². The molecule has 1 saturated heterocycles. The fourth-order valence-corrected chi connectivity index (χ4v) is 2.37. The monoisotopic (exact) mass is 170 g/mol. The first kappa shape index (κ1) is 10.0. The van der Waals surface area contributed by atoms with E-state index in [1.165, 1.54) is 19.6 Å². The molecule has 1 heterocycles. The van der Waals surface area contributed by atoms with Crippen LogP contribution in [0.1, 0.15) is 27.7 Å². The fourth-order valence-electron chi connectivity index (χ4n) is 2.37. The van der Waals surface area contributed by atoms with Gasteiger partial charge < -0.3 is 4.90 Å². The van der Waals surface area contributed by atoms with Crippen LogP contribution < -0.4 is 0 Å². The van der Waals surface area contributed by atoms with Crippen molar-refractivity contribution >= 4 is 0 Å². The highest BCUT2D eigenvalue weighted by Gasteiger charge is 2.33. The Morgan fingerprint density at radius 2 is 1.75 bits per heavy atom. The second kappa shape index (κ2) is 3.35. The van der Waals surface area contributed by atoms with Gasteiger partial charge >= 0.3 is 0 Å². The van der Waals surface area contributed by atoms with E-state index in [9.17, 15) is 0 Å². The molecule has 1 aliphatic rings. The summed E-state index contributed by atoms with van der Waals surface area (Å²) in [5.74, 6) is 0. The maximum atomic E-state index is 2.59. The quantitative estimate of drug-likeness (QED) is 0.587. The Bertz CT molecular complexity index is 152. The predicted octanol–water partition coefficient (Wildman–Crippen LogP) is 1.42. The number of rotatable bonds is 1. The summed E-state index contributed by atoms with van der Waals surface area (Å²) in [5, 5.41) is 0. The zero-order valence-corrected chi connectivity index (χ0v) is 9.09. The number of hydrogen-bond acceptors (Lipinski definition) is 2. The first-order chi connectivity index (χ1) is 5.43. The Morgan fingerprint density at radius 1 is 1.17 bits per heavy atom. The highest BCUT2D eigenvalue weighted by molar-refractivity contribution is 4.90. The molecule has 1 aliphatic heterocycles. The Hall–Kier alpha value is -0.0800. The van der Waals surface area contributed by atoms with E-state index in [0.717, 1.165) is 0 Å². The van der Waals surface area contributed by atoms with Crippen LogP contribution in [0.3, 0.4) is 0 Å². The van der Waals surface area contributed by atoms with Crippen molar-refractivity contribution in [3.63, 3.8) is 0 Å². The molecule has 0 amide bonds. The molecule has 0 unspecified atom stereocenters. The van der Waals surface area contributed by atoms with E-state index in [1.54, 1.807) is 0 Å². The van der Waals surface area contributed by atoms with E-state index in [2.05, 4.69) is 44.5 Å². The standard InChI is InChI=1S/C10H22N2/c1-9(2)12-7-6-11(5)8-10(12,3)4/h9H,6-8H2,1-5H3. The number of nitrogens with zero attached hydrogens (tertiary/aromatic N) is 2. The molecule has 0 aliphatic carbocycles. The lowest BCUT2D eigenvalue weighted by atomic mass is 9.97.